The maximum atomic E-state index is 6.65. The number of piperidine rings is 1. The van der Waals surface area contributed by atoms with Crippen LogP contribution < -0.4 is 9.47 Å². The summed E-state index contributed by atoms with van der Waals surface area (Å²) in [5.74, 6) is 1.87. The molecule has 0 unspecified atom stereocenters. The molecule has 2 aromatic rings. The smallest absolute Gasteiger partial charge is 0.200 e. The van der Waals surface area contributed by atoms with Crippen LogP contribution in [0.5, 0.6) is 11.5 Å². The Hall–Kier alpha value is -2.05. The summed E-state index contributed by atoms with van der Waals surface area (Å²) in [7, 11) is 3.87. The minimum Gasteiger partial charge on any atom is -0.497 e. The standard InChI is InChI=1S/C22H24BrN3O2/c1-25-11-9-22(10-12-25)26-20(18-13-16(23)5-8-21(18)28-22)14-19(24-26)15-3-6-17(27-2)7-4-15/h3-8,13,20H,9-12,14H2,1-2H3/t20-/m1/s1. The lowest BCUT2D eigenvalue weighted by molar-refractivity contribution is -0.147. The number of rotatable bonds is 2. The van der Waals surface area contributed by atoms with Crippen molar-refractivity contribution in [1.82, 2.24) is 9.91 Å². The van der Waals surface area contributed by atoms with E-state index >= 15 is 0 Å². The predicted molar refractivity (Wildman–Crippen MR) is 113 cm³/mol. The van der Waals surface area contributed by atoms with Crippen molar-refractivity contribution in [2.75, 3.05) is 27.2 Å². The minimum absolute atomic E-state index is 0.210. The highest BCUT2D eigenvalue weighted by Crippen LogP contribution is 2.50. The summed E-state index contributed by atoms with van der Waals surface area (Å²) in [6, 6.07) is 14.8. The van der Waals surface area contributed by atoms with Gasteiger partial charge in [-0.05, 0) is 55.1 Å². The highest BCUT2D eigenvalue weighted by Gasteiger charge is 2.51. The summed E-state index contributed by atoms with van der Waals surface area (Å²) in [6.07, 6.45) is 2.79. The van der Waals surface area contributed by atoms with E-state index < -0.39 is 0 Å². The summed E-state index contributed by atoms with van der Waals surface area (Å²) in [4.78, 5) is 2.37. The number of hydrogen-bond donors (Lipinski definition) is 0. The van der Waals surface area contributed by atoms with Gasteiger partial charge in [-0.15, -0.1) is 0 Å². The van der Waals surface area contributed by atoms with Gasteiger partial charge in [0.15, 0.2) is 0 Å². The van der Waals surface area contributed by atoms with Gasteiger partial charge >= 0.3 is 0 Å². The second kappa shape index (κ2) is 6.78. The molecule has 28 heavy (non-hydrogen) atoms. The van der Waals surface area contributed by atoms with E-state index in [-0.39, 0.29) is 11.8 Å². The SMILES string of the molecule is COc1ccc(C2=NN3[C@H](C2)c2cc(Br)ccc2OC32CCN(C)CC2)cc1. The molecule has 5 nitrogen and oxygen atoms in total. The van der Waals surface area contributed by atoms with Gasteiger partial charge in [0, 0.05) is 42.4 Å². The van der Waals surface area contributed by atoms with Crippen LogP contribution in [0.1, 0.15) is 36.4 Å². The highest BCUT2D eigenvalue weighted by atomic mass is 79.9. The van der Waals surface area contributed by atoms with E-state index in [9.17, 15) is 0 Å². The largest absolute Gasteiger partial charge is 0.497 e. The molecule has 0 aliphatic carbocycles. The van der Waals surface area contributed by atoms with Crippen LogP contribution in [0.4, 0.5) is 0 Å². The molecule has 0 saturated carbocycles. The summed E-state index contributed by atoms with van der Waals surface area (Å²) >= 11 is 3.63. The van der Waals surface area contributed by atoms with Crippen LogP contribution in [-0.2, 0) is 0 Å². The third-order valence-corrected chi connectivity index (χ3v) is 6.64. The van der Waals surface area contributed by atoms with Crippen molar-refractivity contribution in [1.29, 1.82) is 0 Å². The van der Waals surface area contributed by atoms with Crippen LogP contribution in [-0.4, -0.2) is 48.6 Å². The van der Waals surface area contributed by atoms with Crippen molar-refractivity contribution in [3.63, 3.8) is 0 Å². The van der Waals surface area contributed by atoms with Gasteiger partial charge in [-0.2, -0.15) is 5.10 Å². The summed E-state index contributed by atoms with van der Waals surface area (Å²) < 4.78 is 13.0. The fourth-order valence-corrected chi connectivity index (χ4v) is 4.89. The van der Waals surface area contributed by atoms with E-state index in [1.165, 1.54) is 5.56 Å². The van der Waals surface area contributed by atoms with Crippen LogP contribution in [0, 0.1) is 0 Å². The Bertz CT molecular complexity index is 920. The molecule has 1 spiro atoms. The van der Waals surface area contributed by atoms with Crippen molar-refractivity contribution in [3.05, 3.63) is 58.1 Å². The van der Waals surface area contributed by atoms with Gasteiger partial charge in [-0.3, -0.25) is 0 Å². The van der Waals surface area contributed by atoms with Crippen LogP contribution in [0.3, 0.4) is 0 Å². The van der Waals surface area contributed by atoms with Gasteiger partial charge in [-0.25, -0.2) is 5.01 Å². The lowest BCUT2D eigenvalue weighted by Crippen LogP contribution is -2.58. The summed E-state index contributed by atoms with van der Waals surface area (Å²) in [5, 5.41) is 7.37. The molecule has 146 valence electrons. The number of hydrazone groups is 1. The fraction of sp³-hybridized carbons (Fsp3) is 0.409. The average molecular weight is 442 g/mol. The molecule has 3 heterocycles. The van der Waals surface area contributed by atoms with Crippen molar-refractivity contribution < 1.29 is 9.47 Å². The molecule has 1 fully saturated rings. The fourth-order valence-electron chi connectivity index (χ4n) is 4.51. The number of nitrogens with zero attached hydrogens (tertiary/aromatic N) is 3. The van der Waals surface area contributed by atoms with E-state index in [1.54, 1.807) is 7.11 Å². The predicted octanol–water partition coefficient (Wildman–Crippen LogP) is 4.42. The first-order valence-corrected chi connectivity index (χ1v) is 10.6. The molecule has 3 aliphatic rings. The lowest BCUT2D eigenvalue weighted by Gasteiger charge is -2.50. The first kappa shape index (κ1) is 18.0. The average Bonchev–Trinajstić information content (AvgIpc) is 3.18. The molecule has 2 aromatic carbocycles. The Labute approximate surface area is 174 Å². The van der Waals surface area contributed by atoms with Crippen molar-refractivity contribution in [2.45, 2.75) is 31.0 Å². The third kappa shape index (κ3) is 2.90. The van der Waals surface area contributed by atoms with Gasteiger partial charge in [0.25, 0.3) is 0 Å². The van der Waals surface area contributed by atoms with Gasteiger partial charge in [0.1, 0.15) is 11.5 Å². The first-order valence-electron chi connectivity index (χ1n) is 9.76. The second-order valence-electron chi connectivity index (χ2n) is 7.87. The molecule has 6 heteroatoms. The Morgan fingerprint density at radius 1 is 1.14 bits per heavy atom. The maximum absolute atomic E-state index is 6.65. The second-order valence-corrected chi connectivity index (χ2v) is 8.79. The zero-order chi connectivity index (χ0) is 19.3. The molecule has 0 radical (unpaired) electrons. The third-order valence-electron chi connectivity index (χ3n) is 6.15. The van der Waals surface area contributed by atoms with Gasteiger partial charge in [0.2, 0.25) is 5.72 Å². The maximum Gasteiger partial charge on any atom is 0.200 e. The molecule has 0 N–H and O–H groups in total. The Balaban J connectivity index is 1.56. The van der Waals surface area contributed by atoms with Crippen molar-refractivity contribution in [3.8, 4) is 11.5 Å². The topological polar surface area (TPSA) is 37.3 Å². The van der Waals surface area contributed by atoms with Gasteiger partial charge in [0.05, 0.1) is 18.9 Å². The van der Waals surface area contributed by atoms with E-state index in [0.29, 0.717) is 0 Å². The quantitative estimate of drug-likeness (QED) is 0.690. The van der Waals surface area contributed by atoms with Gasteiger partial charge < -0.3 is 14.4 Å². The number of fused-ring (bicyclic) bond motifs is 4. The lowest BCUT2D eigenvalue weighted by atomic mass is 9.91. The summed E-state index contributed by atoms with van der Waals surface area (Å²) in [6.45, 7) is 2.03. The Morgan fingerprint density at radius 2 is 1.89 bits per heavy atom. The molecule has 0 aromatic heterocycles. The zero-order valence-electron chi connectivity index (χ0n) is 16.2. The molecule has 3 aliphatic heterocycles. The number of hydrogen-bond acceptors (Lipinski definition) is 5. The number of methoxy groups -OCH3 is 1. The molecule has 0 amide bonds. The number of halogens is 1. The molecule has 0 bridgehead atoms. The van der Waals surface area contributed by atoms with E-state index in [1.807, 2.05) is 12.1 Å². The molecule has 5 rings (SSSR count). The van der Waals surface area contributed by atoms with Crippen molar-refractivity contribution >= 4 is 21.6 Å². The molecule has 1 atom stereocenters. The molecular weight excluding hydrogens is 418 g/mol. The summed E-state index contributed by atoms with van der Waals surface area (Å²) in [5.41, 5.74) is 3.12. The minimum atomic E-state index is -0.355. The normalized spacial score (nSPS) is 23.0. The Kier molecular flexibility index (Phi) is 4.36. The number of benzene rings is 2. The van der Waals surface area contributed by atoms with E-state index in [0.717, 1.165) is 59.6 Å². The van der Waals surface area contributed by atoms with Crippen LogP contribution in [0.25, 0.3) is 0 Å². The van der Waals surface area contributed by atoms with Gasteiger partial charge in [-0.1, -0.05) is 15.9 Å². The molecule has 1 saturated heterocycles. The van der Waals surface area contributed by atoms with E-state index in [4.69, 9.17) is 14.6 Å². The van der Waals surface area contributed by atoms with E-state index in [2.05, 4.69) is 63.2 Å². The van der Waals surface area contributed by atoms with Crippen molar-refractivity contribution in [2.24, 2.45) is 5.10 Å². The van der Waals surface area contributed by atoms with Crippen LogP contribution in [0.2, 0.25) is 0 Å². The number of ether oxygens (including phenoxy) is 2. The van der Waals surface area contributed by atoms with Crippen LogP contribution >= 0.6 is 15.9 Å². The zero-order valence-corrected chi connectivity index (χ0v) is 17.8. The van der Waals surface area contributed by atoms with Crippen LogP contribution in [0.15, 0.2) is 52.0 Å². The highest BCUT2D eigenvalue weighted by molar-refractivity contribution is 9.10. The monoisotopic (exact) mass is 441 g/mol. The first-order chi connectivity index (χ1) is 13.6. The molecular formula is C22H24BrN3O2. The number of likely N-dealkylation sites (tertiary alicyclic amines) is 1. The Morgan fingerprint density at radius 3 is 2.61 bits per heavy atom.